The number of methoxy groups -OCH3 is 1. The third-order valence-corrected chi connectivity index (χ3v) is 6.21. The summed E-state index contributed by atoms with van der Waals surface area (Å²) in [5, 5.41) is 10.2. The minimum Gasteiger partial charge on any atom is -0.497 e. The summed E-state index contributed by atoms with van der Waals surface area (Å²) in [7, 11) is 1.57. The number of amides is 1. The lowest BCUT2D eigenvalue weighted by Gasteiger charge is -2.19. The van der Waals surface area contributed by atoms with E-state index in [0.717, 1.165) is 10.4 Å². The number of thiophene rings is 1. The van der Waals surface area contributed by atoms with Gasteiger partial charge in [-0.25, -0.2) is 9.67 Å². The molecule has 1 atom stereocenters. The van der Waals surface area contributed by atoms with Gasteiger partial charge in [0.15, 0.2) is 5.65 Å². The molecule has 1 unspecified atom stereocenters. The third kappa shape index (κ3) is 5.26. The Hall–Kier alpha value is -3.72. The molecule has 0 radical (unpaired) electrons. The third-order valence-electron chi connectivity index (χ3n) is 5.35. The van der Waals surface area contributed by atoms with Crippen LogP contribution in [0.25, 0.3) is 11.0 Å². The number of ether oxygens (including phenoxy) is 2. The standard InChI is InChI=1S/C25H26N4O4S/c1-4-33-23(30)13-22(17-7-5-8-18(12-17)32-3)28-25(31)20-11-16(2)27-24-21(20)14-26-29(24)15-19-9-6-10-34-19/h5-12,14,22H,4,13,15H2,1-3H3,(H,28,31). The molecule has 0 aliphatic carbocycles. The fraction of sp³-hybridized carbons (Fsp3) is 0.280. The fourth-order valence-corrected chi connectivity index (χ4v) is 4.45. The van der Waals surface area contributed by atoms with Gasteiger partial charge in [0.25, 0.3) is 5.91 Å². The molecule has 34 heavy (non-hydrogen) atoms. The first-order valence-corrected chi connectivity index (χ1v) is 11.8. The predicted octanol–water partition coefficient (Wildman–Crippen LogP) is 4.28. The Kier molecular flexibility index (Phi) is 7.22. The number of pyridine rings is 1. The first-order valence-electron chi connectivity index (χ1n) is 10.9. The number of carbonyl (C=O) groups excluding carboxylic acids is 2. The molecule has 1 aromatic carbocycles. The van der Waals surface area contributed by atoms with Crippen LogP contribution in [0.2, 0.25) is 0 Å². The number of nitrogens with one attached hydrogen (secondary N) is 1. The Morgan fingerprint density at radius 3 is 2.79 bits per heavy atom. The summed E-state index contributed by atoms with van der Waals surface area (Å²) in [6.07, 6.45) is 1.66. The van der Waals surface area contributed by atoms with E-state index in [4.69, 9.17) is 9.47 Å². The second-order valence-corrected chi connectivity index (χ2v) is 8.77. The molecule has 8 nitrogen and oxygen atoms in total. The Bertz CT molecular complexity index is 1300. The van der Waals surface area contributed by atoms with Crippen molar-refractivity contribution < 1.29 is 19.1 Å². The van der Waals surface area contributed by atoms with Crippen LogP contribution in [0, 0.1) is 6.92 Å². The van der Waals surface area contributed by atoms with Crippen molar-refractivity contribution in [3.05, 3.63) is 75.7 Å². The second-order valence-electron chi connectivity index (χ2n) is 7.74. The van der Waals surface area contributed by atoms with Gasteiger partial charge in [0.1, 0.15) is 5.75 Å². The number of esters is 1. The number of hydrogen-bond donors (Lipinski definition) is 1. The van der Waals surface area contributed by atoms with E-state index in [1.54, 1.807) is 48.4 Å². The van der Waals surface area contributed by atoms with Crippen LogP contribution in [0.5, 0.6) is 5.75 Å². The van der Waals surface area contributed by atoms with Crippen LogP contribution in [0.3, 0.4) is 0 Å². The molecular formula is C25H26N4O4S. The average Bonchev–Trinajstić information content (AvgIpc) is 3.49. The average molecular weight is 479 g/mol. The highest BCUT2D eigenvalue weighted by molar-refractivity contribution is 7.09. The lowest BCUT2D eigenvalue weighted by molar-refractivity contribution is -0.143. The minimum atomic E-state index is -0.591. The van der Waals surface area contributed by atoms with Crippen molar-refractivity contribution >= 4 is 34.2 Å². The summed E-state index contributed by atoms with van der Waals surface area (Å²) >= 11 is 1.64. The van der Waals surface area contributed by atoms with Crippen molar-refractivity contribution in [3.8, 4) is 5.75 Å². The number of nitrogens with zero attached hydrogens (tertiary/aromatic N) is 3. The summed E-state index contributed by atoms with van der Waals surface area (Å²) in [5.41, 5.74) is 2.55. The molecule has 176 valence electrons. The Labute approximate surface area is 201 Å². The number of fused-ring (bicyclic) bond motifs is 1. The molecule has 0 saturated carbocycles. The van der Waals surface area contributed by atoms with Crippen LogP contribution in [0.4, 0.5) is 0 Å². The van der Waals surface area contributed by atoms with Gasteiger partial charge < -0.3 is 14.8 Å². The minimum absolute atomic E-state index is 0.00238. The Balaban J connectivity index is 1.66. The normalized spacial score (nSPS) is 11.9. The van der Waals surface area contributed by atoms with E-state index < -0.39 is 12.0 Å². The zero-order valence-electron chi connectivity index (χ0n) is 19.3. The quantitative estimate of drug-likeness (QED) is 0.361. The molecule has 3 aromatic heterocycles. The number of rotatable bonds is 9. The van der Waals surface area contributed by atoms with E-state index in [0.29, 0.717) is 34.6 Å². The van der Waals surface area contributed by atoms with Gasteiger partial charge in [-0.1, -0.05) is 18.2 Å². The van der Waals surface area contributed by atoms with Crippen LogP contribution in [-0.4, -0.2) is 40.4 Å². The molecule has 0 saturated heterocycles. The zero-order valence-corrected chi connectivity index (χ0v) is 20.1. The lowest BCUT2D eigenvalue weighted by atomic mass is 10.0. The molecule has 4 aromatic rings. The topological polar surface area (TPSA) is 95.3 Å². The lowest BCUT2D eigenvalue weighted by Crippen LogP contribution is -2.31. The Morgan fingerprint density at radius 2 is 2.06 bits per heavy atom. The van der Waals surface area contributed by atoms with E-state index >= 15 is 0 Å². The summed E-state index contributed by atoms with van der Waals surface area (Å²) in [6.45, 7) is 4.44. The monoisotopic (exact) mass is 478 g/mol. The summed E-state index contributed by atoms with van der Waals surface area (Å²) in [4.78, 5) is 31.5. The van der Waals surface area contributed by atoms with Crippen molar-refractivity contribution in [2.24, 2.45) is 0 Å². The molecule has 0 bridgehead atoms. The number of hydrogen-bond acceptors (Lipinski definition) is 7. The van der Waals surface area contributed by atoms with Gasteiger partial charge >= 0.3 is 5.97 Å². The maximum atomic E-state index is 13.5. The summed E-state index contributed by atoms with van der Waals surface area (Å²) in [6, 6.07) is 12.5. The Morgan fingerprint density at radius 1 is 1.21 bits per heavy atom. The van der Waals surface area contributed by atoms with Crippen LogP contribution in [-0.2, 0) is 16.1 Å². The molecule has 0 fully saturated rings. The highest BCUT2D eigenvalue weighted by Crippen LogP contribution is 2.25. The van der Waals surface area contributed by atoms with Crippen molar-refractivity contribution in [1.82, 2.24) is 20.1 Å². The van der Waals surface area contributed by atoms with Crippen molar-refractivity contribution in [2.45, 2.75) is 32.9 Å². The van der Waals surface area contributed by atoms with Crippen LogP contribution in [0.15, 0.2) is 54.0 Å². The predicted molar refractivity (Wildman–Crippen MR) is 130 cm³/mol. The van der Waals surface area contributed by atoms with Crippen molar-refractivity contribution in [2.75, 3.05) is 13.7 Å². The molecular weight excluding hydrogens is 452 g/mol. The molecule has 0 aliphatic rings. The number of carbonyl (C=O) groups is 2. The largest absolute Gasteiger partial charge is 0.497 e. The fourth-order valence-electron chi connectivity index (χ4n) is 3.76. The molecule has 1 amide bonds. The molecule has 0 spiro atoms. The van der Waals surface area contributed by atoms with Gasteiger partial charge in [0.05, 0.1) is 49.9 Å². The number of aromatic nitrogens is 3. The van der Waals surface area contributed by atoms with E-state index in [1.165, 1.54) is 0 Å². The summed E-state index contributed by atoms with van der Waals surface area (Å²) in [5.74, 6) is -0.0728. The highest BCUT2D eigenvalue weighted by atomic mass is 32.1. The van der Waals surface area contributed by atoms with Crippen molar-refractivity contribution in [1.29, 1.82) is 0 Å². The van der Waals surface area contributed by atoms with E-state index in [2.05, 4.69) is 15.4 Å². The van der Waals surface area contributed by atoms with E-state index in [1.807, 2.05) is 42.6 Å². The van der Waals surface area contributed by atoms with Gasteiger partial charge in [-0.2, -0.15) is 5.10 Å². The molecule has 3 heterocycles. The van der Waals surface area contributed by atoms with Gasteiger partial charge in [-0.3, -0.25) is 9.59 Å². The second kappa shape index (κ2) is 10.5. The highest BCUT2D eigenvalue weighted by Gasteiger charge is 2.23. The maximum Gasteiger partial charge on any atom is 0.308 e. The SMILES string of the molecule is CCOC(=O)CC(NC(=O)c1cc(C)nc2c1cnn2Cc1cccs1)c1cccc(OC)c1. The van der Waals surface area contributed by atoms with E-state index in [-0.39, 0.29) is 18.9 Å². The van der Waals surface area contributed by atoms with Gasteiger partial charge in [0, 0.05) is 10.6 Å². The molecule has 1 N–H and O–H groups in total. The van der Waals surface area contributed by atoms with Crippen LogP contribution in [0.1, 0.15) is 45.9 Å². The van der Waals surface area contributed by atoms with Crippen molar-refractivity contribution in [3.63, 3.8) is 0 Å². The molecule has 4 rings (SSSR count). The van der Waals surface area contributed by atoms with Crippen LogP contribution >= 0.6 is 11.3 Å². The number of benzene rings is 1. The zero-order chi connectivity index (χ0) is 24.1. The van der Waals surface area contributed by atoms with Gasteiger partial charge in [-0.05, 0) is 49.1 Å². The van der Waals surface area contributed by atoms with Gasteiger partial charge in [-0.15, -0.1) is 11.3 Å². The first-order chi connectivity index (χ1) is 16.5. The number of aryl methyl sites for hydroxylation is 1. The van der Waals surface area contributed by atoms with Crippen LogP contribution < -0.4 is 10.1 Å². The smallest absolute Gasteiger partial charge is 0.308 e. The summed E-state index contributed by atoms with van der Waals surface area (Å²) < 4.78 is 12.3. The maximum absolute atomic E-state index is 13.5. The van der Waals surface area contributed by atoms with E-state index in [9.17, 15) is 9.59 Å². The first kappa shape index (κ1) is 23.4. The molecule has 0 aliphatic heterocycles. The molecule has 9 heteroatoms. The van der Waals surface area contributed by atoms with Gasteiger partial charge in [0.2, 0.25) is 0 Å².